The van der Waals surface area contributed by atoms with Crippen molar-refractivity contribution in [1.29, 1.82) is 0 Å². The van der Waals surface area contributed by atoms with Crippen LogP contribution in [-0.4, -0.2) is 76.9 Å². The minimum absolute atomic E-state index is 0.0462. The van der Waals surface area contributed by atoms with E-state index in [1.807, 2.05) is 12.1 Å². The quantitative estimate of drug-likeness (QED) is 0.0256. The largest absolute Gasteiger partial charge is 0.475 e. The molecule has 0 saturated carbocycles. The molecule has 0 saturated heterocycles. The van der Waals surface area contributed by atoms with Gasteiger partial charge in [0.25, 0.3) is 8.32 Å². The van der Waals surface area contributed by atoms with Gasteiger partial charge in [-0.25, -0.2) is 9.36 Å². The highest BCUT2D eigenvalue weighted by Crippen LogP contribution is 2.49. The molecule has 2 unspecified atom stereocenters. The van der Waals surface area contributed by atoms with Crippen molar-refractivity contribution in [2.75, 3.05) is 32.9 Å². The second kappa shape index (κ2) is 36.6. The highest BCUT2D eigenvalue weighted by molar-refractivity contribution is 7.48. The Balaban J connectivity index is 2.30. The first-order chi connectivity index (χ1) is 34.0. The molecule has 0 fully saturated rings. The number of unbranched alkanes of at least 4 members (excludes halogenated alkanes) is 18. The van der Waals surface area contributed by atoms with Gasteiger partial charge >= 0.3 is 13.9 Å². The second-order valence-electron chi connectivity index (χ2n) is 21.1. The number of amides is 3. The normalized spacial score (nSPS) is 13.7. The molecule has 0 radical (unpaired) electrons. The van der Waals surface area contributed by atoms with E-state index < -0.39 is 46.4 Å². The summed E-state index contributed by atoms with van der Waals surface area (Å²) in [5.74, 6) is -0.781. The maximum Gasteiger partial charge on any atom is 0.475 e. The smallest absolute Gasteiger partial charge is 0.444 e. The Labute approximate surface area is 432 Å². The zero-order valence-corrected chi connectivity index (χ0v) is 47.5. The molecule has 71 heavy (non-hydrogen) atoms. The molecule has 2 aromatic carbocycles. The van der Waals surface area contributed by atoms with E-state index in [-0.39, 0.29) is 49.8 Å². The van der Waals surface area contributed by atoms with Gasteiger partial charge in [-0.2, -0.15) is 0 Å². The first-order valence-electron chi connectivity index (χ1n) is 27.5. The molecule has 3 amide bonds. The van der Waals surface area contributed by atoms with Crippen molar-refractivity contribution in [3.05, 3.63) is 73.3 Å². The Bertz CT molecular complexity index is 1730. The molecular weight excluding hydrogens is 930 g/mol. The zero-order chi connectivity index (χ0) is 52.3. The third kappa shape index (κ3) is 27.5. The van der Waals surface area contributed by atoms with Crippen molar-refractivity contribution >= 4 is 44.4 Å². The van der Waals surface area contributed by atoms with Crippen molar-refractivity contribution in [3.63, 3.8) is 0 Å². The average Bonchev–Trinajstić information content (AvgIpc) is 3.33. The number of phosphoric acid groups is 1. The molecule has 3 N–H and O–H groups in total. The van der Waals surface area contributed by atoms with Crippen molar-refractivity contribution in [3.8, 4) is 0 Å². The number of phosphoric ester groups is 1. The van der Waals surface area contributed by atoms with Crippen molar-refractivity contribution in [1.82, 2.24) is 16.0 Å². The van der Waals surface area contributed by atoms with Gasteiger partial charge in [0, 0.05) is 25.6 Å². The fraction of sp³-hybridized carbons (Fsp3) is 0.702. The molecule has 404 valence electrons. The predicted octanol–water partition coefficient (Wildman–Crippen LogP) is 13.4. The van der Waals surface area contributed by atoms with E-state index in [0.717, 1.165) is 38.5 Å². The number of hydrogen-bond donors (Lipinski definition) is 3. The third-order valence-corrected chi connectivity index (χ3v) is 19.1. The summed E-state index contributed by atoms with van der Waals surface area (Å²) in [5, 5.41) is 10.7. The fourth-order valence-corrected chi connectivity index (χ4v) is 14.7. The van der Waals surface area contributed by atoms with Crippen LogP contribution in [0.25, 0.3) is 0 Å². The van der Waals surface area contributed by atoms with Crippen molar-refractivity contribution in [2.45, 2.75) is 226 Å². The predicted molar refractivity (Wildman–Crippen MR) is 295 cm³/mol. The van der Waals surface area contributed by atoms with E-state index in [9.17, 15) is 18.9 Å². The van der Waals surface area contributed by atoms with Crippen LogP contribution in [0.2, 0.25) is 5.04 Å². The number of hydrogen-bond acceptors (Lipinski definition) is 9. The van der Waals surface area contributed by atoms with Crippen molar-refractivity contribution < 1.29 is 41.7 Å². The molecule has 0 spiro atoms. The molecule has 0 aromatic heterocycles. The Morgan fingerprint density at radius 3 is 1.61 bits per heavy atom. The van der Waals surface area contributed by atoms with Crippen LogP contribution in [0.4, 0.5) is 4.79 Å². The van der Waals surface area contributed by atoms with Gasteiger partial charge in [-0.1, -0.05) is 223 Å². The Kier molecular flexibility index (Phi) is 32.9. The lowest BCUT2D eigenvalue weighted by atomic mass is 10.0. The van der Waals surface area contributed by atoms with Crippen LogP contribution in [-0.2, 0) is 36.9 Å². The molecule has 3 atom stereocenters. The summed E-state index contributed by atoms with van der Waals surface area (Å²) in [4.78, 5) is 39.9. The van der Waals surface area contributed by atoms with Gasteiger partial charge in [-0.05, 0) is 55.4 Å². The number of carbonyl (C=O) groups is 3. The molecule has 12 nitrogen and oxygen atoms in total. The Morgan fingerprint density at radius 1 is 0.634 bits per heavy atom. The second-order valence-corrected chi connectivity index (χ2v) is 27.0. The third-order valence-electron chi connectivity index (χ3n) is 12.6. The minimum Gasteiger partial charge on any atom is -0.444 e. The molecule has 0 bridgehead atoms. The van der Waals surface area contributed by atoms with Crippen LogP contribution < -0.4 is 26.3 Å². The van der Waals surface area contributed by atoms with E-state index in [4.69, 9.17) is 22.7 Å². The number of nitrogens with one attached hydrogen (secondary N) is 3. The number of alkyl carbamates (subject to hydrolysis) is 1. The summed E-state index contributed by atoms with van der Waals surface area (Å²) in [6.45, 7) is 19.6. The molecule has 2 aromatic rings. The lowest BCUT2D eigenvalue weighted by Gasteiger charge is -2.45. The summed E-state index contributed by atoms with van der Waals surface area (Å²) in [6.07, 6.45) is 25.9. The van der Waals surface area contributed by atoms with Gasteiger partial charge in [-0.3, -0.25) is 23.2 Å². The van der Waals surface area contributed by atoms with E-state index >= 15 is 0 Å². The van der Waals surface area contributed by atoms with Gasteiger partial charge < -0.3 is 25.1 Å². The van der Waals surface area contributed by atoms with E-state index in [1.165, 1.54) is 106 Å². The van der Waals surface area contributed by atoms with Gasteiger partial charge in [0.2, 0.25) is 11.8 Å². The number of carbonyl (C=O) groups excluding carboxylic acids is 3. The Hall–Kier alpha value is -3.32. The van der Waals surface area contributed by atoms with Crippen LogP contribution in [0.5, 0.6) is 0 Å². The molecule has 2 rings (SSSR count). The molecule has 0 aliphatic carbocycles. The molecule has 0 aliphatic rings. The van der Waals surface area contributed by atoms with Crippen LogP contribution >= 0.6 is 7.82 Å². The highest BCUT2D eigenvalue weighted by atomic mass is 31.2. The minimum atomic E-state index is -4.30. The van der Waals surface area contributed by atoms with Gasteiger partial charge in [-0.15, -0.1) is 6.58 Å². The number of benzene rings is 2. The van der Waals surface area contributed by atoms with Crippen LogP contribution in [0.3, 0.4) is 0 Å². The summed E-state index contributed by atoms with van der Waals surface area (Å²) < 4.78 is 43.7. The van der Waals surface area contributed by atoms with Gasteiger partial charge in [0.1, 0.15) is 11.6 Å². The first kappa shape index (κ1) is 63.8. The highest BCUT2D eigenvalue weighted by Gasteiger charge is 2.51. The van der Waals surface area contributed by atoms with Crippen molar-refractivity contribution in [2.24, 2.45) is 0 Å². The number of rotatable bonds is 41. The number of ether oxygens (including phenoxy) is 1. The standard InChI is InChI=1S/C57H98N3O9PSi/c1-10-13-15-17-19-21-22-24-25-27-31-37-49(69-71(57(7,8)9,50-38-32-29-33-39-50)51-40-34-30-35-41-51)43-44-58-54(62)52(60-53(61)42-36-28-26-23-20-18-16-14-11-2)48-67-70(64,65-46-12-3)66-47-45-59-55(63)68-56(4,5)6/h12,29-30,32-35,38-41,49,52H,3,10-11,13-28,31,36-37,42-48H2,1-2,4-9H3,(H,58,62)(H,59,63)(H,60,61)/t49?,52-,70?/m0/s1. The van der Waals surface area contributed by atoms with Gasteiger partial charge in [0.15, 0.2) is 0 Å². The summed E-state index contributed by atoms with van der Waals surface area (Å²) in [5.41, 5.74) is -0.701. The van der Waals surface area contributed by atoms with Crippen LogP contribution in [0, 0.1) is 0 Å². The summed E-state index contributed by atoms with van der Waals surface area (Å²) in [7, 11) is -7.22. The molecule has 0 heterocycles. The van der Waals surface area contributed by atoms with E-state index in [2.05, 4.69) is 106 Å². The van der Waals surface area contributed by atoms with Gasteiger partial charge in [0.05, 0.1) is 19.8 Å². The Morgan fingerprint density at radius 2 is 1.13 bits per heavy atom. The average molecular weight is 1030 g/mol. The lowest BCUT2D eigenvalue weighted by molar-refractivity contribution is -0.130. The molecule has 0 aliphatic heterocycles. The van der Waals surface area contributed by atoms with E-state index in [0.29, 0.717) is 12.8 Å². The van der Waals surface area contributed by atoms with E-state index in [1.54, 1.807) is 20.8 Å². The molecule has 14 heteroatoms. The molecular formula is C57H98N3O9PSi. The summed E-state index contributed by atoms with van der Waals surface area (Å²) in [6, 6.07) is 20.1. The van der Waals surface area contributed by atoms with Crippen LogP contribution in [0.15, 0.2) is 73.3 Å². The topological polar surface area (TPSA) is 151 Å². The maximum atomic E-state index is 14.2. The fourth-order valence-electron chi connectivity index (χ4n) is 8.81. The first-order valence-corrected chi connectivity index (χ1v) is 30.8. The van der Waals surface area contributed by atoms with Crippen LogP contribution in [0.1, 0.15) is 203 Å². The SMILES string of the molecule is C=CCOP(=O)(OCCNC(=O)OC(C)(C)C)OC[C@H](NC(=O)CCCCCCCCCCC)C(=O)NCCC(CCCCCCCCCCCCC)O[Si](c1ccccc1)(c1ccccc1)C(C)(C)C. The monoisotopic (exact) mass is 1030 g/mol. The zero-order valence-electron chi connectivity index (χ0n) is 45.6. The summed E-state index contributed by atoms with van der Waals surface area (Å²) >= 11 is 0. The lowest BCUT2D eigenvalue weighted by Crippen LogP contribution is -2.67. The maximum absolute atomic E-state index is 14.2.